The fraction of sp³-hybridized carbons (Fsp3) is 0.975. The summed E-state index contributed by atoms with van der Waals surface area (Å²) < 4.78 is 5.79. The summed E-state index contributed by atoms with van der Waals surface area (Å²) in [5, 5.41) is 0. The Kier molecular flexibility index (Phi) is 36.2. The topological polar surface area (TPSA) is 26.3 Å². The largest absolute Gasteiger partial charge is 0.465 e. The third-order valence-electron chi connectivity index (χ3n) is 9.40. The van der Waals surface area contributed by atoms with Gasteiger partial charge in [-0.15, -0.1) is 0 Å². The molecular formula is C40H80O2. The quantitative estimate of drug-likeness (QED) is 0.0534. The van der Waals surface area contributed by atoms with Crippen molar-refractivity contribution in [3.8, 4) is 0 Å². The standard InChI is InChI=1S/C40H80O2/c1-4-7-10-13-15-16-17-18-19-20-21-22-23-24-25-26-28-31-34-37-40(41)42-38-39(35-32-29-12-9-6-3)36-33-30-27-14-11-8-5-2/h39H,4-38H2,1-3H3. The molecule has 0 aromatic rings. The summed E-state index contributed by atoms with van der Waals surface area (Å²) in [5.74, 6) is 0.633. The molecular weight excluding hydrogens is 512 g/mol. The van der Waals surface area contributed by atoms with Crippen LogP contribution in [0.25, 0.3) is 0 Å². The Morgan fingerprint density at radius 1 is 0.381 bits per heavy atom. The lowest BCUT2D eigenvalue weighted by Crippen LogP contribution is -2.14. The number of esters is 1. The summed E-state index contributed by atoms with van der Waals surface area (Å²) in [7, 11) is 0. The molecule has 1 unspecified atom stereocenters. The van der Waals surface area contributed by atoms with E-state index in [2.05, 4.69) is 20.8 Å². The van der Waals surface area contributed by atoms with E-state index in [1.807, 2.05) is 0 Å². The number of unbranched alkanes of at least 4 members (excludes halogenated alkanes) is 28. The molecule has 42 heavy (non-hydrogen) atoms. The van der Waals surface area contributed by atoms with Crippen molar-refractivity contribution in [3.05, 3.63) is 0 Å². The van der Waals surface area contributed by atoms with Crippen LogP contribution in [-0.2, 0) is 9.53 Å². The first-order valence-electron chi connectivity index (χ1n) is 19.9. The van der Waals surface area contributed by atoms with Gasteiger partial charge in [0.25, 0.3) is 0 Å². The lowest BCUT2D eigenvalue weighted by molar-refractivity contribution is -0.145. The Morgan fingerprint density at radius 2 is 0.643 bits per heavy atom. The molecule has 1 atom stereocenters. The maximum absolute atomic E-state index is 12.4. The van der Waals surface area contributed by atoms with Crippen LogP contribution in [-0.4, -0.2) is 12.6 Å². The summed E-state index contributed by atoms with van der Waals surface area (Å²) in [6, 6.07) is 0. The van der Waals surface area contributed by atoms with Gasteiger partial charge in [0.2, 0.25) is 0 Å². The number of hydrogen-bond acceptors (Lipinski definition) is 2. The van der Waals surface area contributed by atoms with Gasteiger partial charge in [-0.2, -0.15) is 0 Å². The predicted octanol–water partition coefficient (Wildman–Crippen LogP) is 14.5. The van der Waals surface area contributed by atoms with Crippen molar-refractivity contribution in [1.29, 1.82) is 0 Å². The molecule has 0 rings (SSSR count). The molecule has 0 radical (unpaired) electrons. The minimum atomic E-state index is 0.0533. The van der Waals surface area contributed by atoms with Gasteiger partial charge < -0.3 is 4.74 Å². The maximum atomic E-state index is 12.4. The summed E-state index contributed by atoms with van der Waals surface area (Å²) in [5.41, 5.74) is 0. The average molecular weight is 593 g/mol. The van der Waals surface area contributed by atoms with E-state index < -0.39 is 0 Å². The van der Waals surface area contributed by atoms with E-state index in [-0.39, 0.29) is 5.97 Å². The summed E-state index contributed by atoms with van der Waals surface area (Å²) in [6.45, 7) is 7.53. The molecule has 2 nitrogen and oxygen atoms in total. The van der Waals surface area contributed by atoms with E-state index in [1.165, 1.54) is 205 Å². The molecule has 0 aliphatic heterocycles. The van der Waals surface area contributed by atoms with Crippen molar-refractivity contribution >= 4 is 5.97 Å². The van der Waals surface area contributed by atoms with Gasteiger partial charge >= 0.3 is 5.97 Å². The zero-order valence-electron chi connectivity index (χ0n) is 29.6. The Morgan fingerprint density at radius 3 is 0.952 bits per heavy atom. The Balaban J connectivity index is 3.64. The van der Waals surface area contributed by atoms with Crippen molar-refractivity contribution in [2.24, 2.45) is 5.92 Å². The Labute approximate surface area is 266 Å². The van der Waals surface area contributed by atoms with Crippen LogP contribution < -0.4 is 0 Å². The molecule has 0 amide bonds. The molecule has 0 bridgehead atoms. The van der Waals surface area contributed by atoms with Crippen molar-refractivity contribution < 1.29 is 9.53 Å². The van der Waals surface area contributed by atoms with Gasteiger partial charge in [-0.25, -0.2) is 0 Å². The molecule has 0 saturated heterocycles. The highest BCUT2D eigenvalue weighted by atomic mass is 16.5. The first kappa shape index (κ1) is 41.5. The van der Waals surface area contributed by atoms with Crippen molar-refractivity contribution in [1.82, 2.24) is 0 Å². The lowest BCUT2D eigenvalue weighted by Gasteiger charge is -2.17. The Bertz CT molecular complexity index is 502. The van der Waals surface area contributed by atoms with E-state index in [0.717, 1.165) is 6.42 Å². The molecule has 0 aromatic heterocycles. The van der Waals surface area contributed by atoms with E-state index >= 15 is 0 Å². The molecule has 0 spiro atoms. The van der Waals surface area contributed by atoms with Crippen molar-refractivity contribution in [2.45, 2.75) is 239 Å². The predicted molar refractivity (Wildman–Crippen MR) is 188 cm³/mol. The van der Waals surface area contributed by atoms with Crippen LogP contribution in [0.3, 0.4) is 0 Å². The highest BCUT2D eigenvalue weighted by Gasteiger charge is 2.12. The smallest absolute Gasteiger partial charge is 0.305 e. The van der Waals surface area contributed by atoms with E-state index in [0.29, 0.717) is 18.9 Å². The molecule has 0 saturated carbocycles. The molecule has 0 heterocycles. The van der Waals surface area contributed by atoms with Gasteiger partial charge in [0.1, 0.15) is 0 Å². The van der Waals surface area contributed by atoms with Crippen molar-refractivity contribution in [2.75, 3.05) is 6.61 Å². The van der Waals surface area contributed by atoms with Crippen LogP contribution >= 0.6 is 0 Å². The number of carbonyl (C=O) groups is 1. The molecule has 0 aromatic carbocycles. The first-order chi connectivity index (χ1) is 20.7. The highest BCUT2D eigenvalue weighted by Crippen LogP contribution is 2.20. The molecule has 0 N–H and O–H groups in total. The zero-order chi connectivity index (χ0) is 30.6. The lowest BCUT2D eigenvalue weighted by atomic mass is 9.95. The summed E-state index contributed by atoms with van der Waals surface area (Å²) >= 11 is 0. The minimum absolute atomic E-state index is 0.0533. The van der Waals surface area contributed by atoms with Crippen molar-refractivity contribution in [3.63, 3.8) is 0 Å². The van der Waals surface area contributed by atoms with Crippen LogP contribution in [0.5, 0.6) is 0 Å². The molecule has 0 fully saturated rings. The maximum Gasteiger partial charge on any atom is 0.305 e. The fourth-order valence-corrected chi connectivity index (χ4v) is 6.37. The zero-order valence-corrected chi connectivity index (χ0v) is 29.6. The van der Waals surface area contributed by atoms with Gasteiger partial charge in [-0.3, -0.25) is 4.79 Å². The monoisotopic (exact) mass is 593 g/mol. The number of ether oxygens (including phenoxy) is 1. The SMILES string of the molecule is CCCCCCCCCCCCCCCCCCCCCC(=O)OCC(CCCCCCC)CCCCCCCCC. The molecule has 252 valence electrons. The second-order valence-corrected chi connectivity index (χ2v) is 13.8. The van der Waals surface area contributed by atoms with Crippen LogP contribution in [0.1, 0.15) is 239 Å². The number of carbonyl (C=O) groups excluding carboxylic acids is 1. The van der Waals surface area contributed by atoms with Crippen LogP contribution in [0.15, 0.2) is 0 Å². The van der Waals surface area contributed by atoms with E-state index in [1.54, 1.807) is 0 Å². The second kappa shape index (κ2) is 36.7. The molecule has 0 aliphatic carbocycles. The first-order valence-corrected chi connectivity index (χ1v) is 19.9. The average Bonchev–Trinajstić information content (AvgIpc) is 3.00. The van der Waals surface area contributed by atoms with Gasteiger partial charge in [0, 0.05) is 6.42 Å². The Hall–Kier alpha value is -0.530. The number of hydrogen-bond donors (Lipinski definition) is 0. The summed E-state index contributed by atoms with van der Waals surface area (Å²) in [4.78, 5) is 12.4. The van der Waals surface area contributed by atoms with Crippen LogP contribution in [0.2, 0.25) is 0 Å². The van der Waals surface area contributed by atoms with Gasteiger partial charge in [0.05, 0.1) is 6.61 Å². The van der Waals surface area contributed by atoms with E-state index in [4.69, 9.17) is 4.74 Å². The molecule has 0 aliphatic rings. The van der Waals surface area contributed by atoms with Gasteiger partial charge in [0.15, 0.2) is 0 Å². The second-order valence-electron chi connectivity index (χ2n) is 13.8. The van der Waals surface area contributed by atoms with Crippen LogP contribution in [0.4, 0.5) is 0 Å². The molecule has 2 heteroatoms. The number of rotatable bonds is 36. The van der Waals surface area contributed by atoms with Crippen LogP contribution in [0, 0.1) is 5.92 Å². The third kappa shape index (κ3) is 34.0. The third-order valence-corrected chi connectivity index (χ3v) is 9.40. The fourth-order valence-electron chi connectivity index (χ4n) is 6.37. The van der Waals surface area contributed by atoms with E-state index in [9.17, 15) is 4.79 Å². The highest BCUT2D eigenvalue weighted by molar-refractivity contribution is 5.69. The normalized spacial score (nSPS) is 12.2. The van der Waals surface area contributed by atoms with Gasteiger partial charge in [-0.05, 0) is 25.2 Å². The summed E-state index contributed by atoms with van der Waals surface area (Å²) in [6.07, 6.45) is 45.6. The minimum Gasteiger partial charge on any atom is -0.465 e. The van der Waals surface area contributed by atoms with Gasteiger partial charge in [-0.1, -0.05) is 213 Å².